The van der Waals surface area contributed by atoms with Crippen molar-refractivity contribution < 1.29 is 15.0 Å². The van der Waals surface area contributed by atoms with Gasteiger partial charge in [0.25, 0.3) is 5.75 Å². The quantitative estimate of drug-likeness (QED) is 0.628. The minimum atomic E-state index is -0.867. The molecule has 1 N–H and O–H groups in total. The molecule has 92 valence electrons. The Morgan fingerprint density at radius 1 is 1.24 bits per heavy atom. The molecule has 1 aromatic carbocycles. The summed E-state index contributed by atoms with van der Waals surface area (Å²) in [4.78, 5) is 19.7. The fourth-order valence-corrected chi connectivity index (χ4v) is 1.53. The third-order valence-corrected chi connectivity index (χ3v) is 2.39. The predicted molar refractivity (Wildman–Crippen MR) is 60.0 cm³/mol. The zero-order valence-electron chi connectivity index (χ0n) is 9.25. The van der Waals surface area contributed by atoms with Crippen molar-refractivity contribution >= 4 is 11.4 Å². The lowest BCUT2D eigenvalue weighted by atomic mass is 10.0. The van der Waals surface area contributed by atoms with Gasteiger partial charge in [-0.2, -0.15) is 0 Å². The van der Waals surface area contributed by atoms with Gasteiger partial charge in [-0.1, -0.05) is 13.3 Å². The van der Waals surface area contributed by atoms with Crippen LogP contribution in [0.25, 0.3) is 0 Å². The molecule has 0 bridgehead atoms. The van der Waals surface area contributed by atoms with E-state index in [0.717, 1.165) is 18.9 Å². The molecule has 7 heteroatoms. The number of phenols is 1. The highest BCUT2D eigenvalue weighted by atomic mass is 16.6. The molecule has 0 atom stereocenters. The molecular formula is C10H12N2O5. The van der Waals surface area contributed by atoms with Gasteiger partial charge >= 0.3 is 11.4 Å². The summed E-state index contributed by atoms with van der Waals surface area (Å²) in [7, 11) is 0. The first-order valence-corrected chi connectivity index (χ1v) is 5.12. The van der Waals surface area contributed by atoms with Crippen LogP contribution in [0.1, 0.15) is 25.3 Å². The van der Waals surface area contributed by atoms with E-state index in [1.807, 2.05) is 6.92 Å². The number of nitro benzene ring substituents is 2. The summed E-state index contributed by atoms with van der Waals surface area (Å²) in [6, 6.07) is 2.42. The Labute approximate surface area is 97.0 Å². The number of benzene rings is 1. The zero-order valence-corrected chi connectivity index (χ0v) is 9.25. The van der Waals surface area contributed by atoms with Crippen LogP contribution in [0.3, 0.4) is 0 Å². The van der Waals surface area contributed by atoms with Crippen LogP contribution in [0.5, 0.6) is 5.75 Å². The molecule has 0 aromatic heterocycles. The van der Waals surface area contributed by atoms with Crippen LogP contribution < -0.4 is 0 Å². The topological polar surface area (TPSA) is 107 Å². The van der Waals surface area contributed by atoms with Gasteiger partial charge < -0.3 is 5.11 Å². The molecule has 0 spiro atoms. The average Bonchev–Trinajstić information content (AvgIpc) is 2.25. The lowest BCUT2D eigenvalue weighted by Gasteiger charge is -2.04. The molecule has 0 fully saturated rings. The molecule has 0 aliphatic heterocycles. The van der Waals surface area contributed by atoms with E-state index in [2.05, 4.69) is 0 Å². The maximum atomic E-state index is 10.8. The highest BCUT2D eigenvalue weighted by molar-refractivity contribution is 5.63. The molecule has 0 saturated heterocycles. The normalized spacial score (nSPS) is 10.2. The lowest BCUT2D eigenvalue weighted by molar-refractivity contribution is -0.396. The van der Waals surface area contributed by atoms with Crippen LogP contribution in [0, 0.1) is 20.2 Å². The van der Waals surface area contributed by atoms with Crippen molar-refractivity contribution in [2.75, 3.05) is 0 Å². The summed E-state index contributed by atoms with van der Waals surface area (Å²) < 4.78 is 0. The van der Waals surface area contributed by atoms with E-state index in [-0.39, 0.29) is 0 Å². The van der Waals surface area contributed by atoms with Gasteiger partial charge in [0.15, 0.2) is 0 Å². The van der Waals surface area contributed by atoms with Crippen LogP contribution in [-0.4, -0.2) is 15.0 Å². The number of unbranched alkanes of at least 4 members (excludes halogenated alkanes) is 1. The molecule has 0 aliphatic rings. The molecule has 0 unspecified atom stereocenters. The van der Waals surface area contributed by atoms with Gasteiger partial charge in [-0.05, 0) is 18.9 Å². The molecule has 0 amide bonds. The molecule has 7 nitrogen and oxygen atoms in total. The summed E-state index contributed by atoms with van der Waals surface area (Å²) in [6.07, 6.45) is 1.98. The predicted octanol–water partition coefficient (Wildman–Crippen LogP) is 2.55. The van der Waals surface area contributed by atoms with Crippen molar-refractivity contribution in [3.63, 3.8) is 0 Å². The van der Waals surface area contributed by atoms with Crippen LogP contribution >= 0.6 is 0 Å². The smallest absolute Gasteiger partial charge is 0.321 e. The van der Waals surface area contributed by atoms with Crippen LogP contribution in [-0.2, 0) is 6.42 Å². The number of rotatable bonds is 5. The number of aryl methyl sites for hydroxylation is 1. The third-order valence-electron chi connectivity index (χ3n) is 2.39. The standard InChI is InChI=1S/C10H12N2O5/c1-2-3-4-7-5-6-8(11(14)15)10(13)9(7)12(16)17/h5-6,13H,2-4H2,1H3. The Hall–Kier alpha value is -2.18. The second kappa shape index (κ2) is 5.24. The van der Waals surface area contributed by atoms with Crippen LogP contribution in [0.4, 0.5) is 11.4 Å². The Kier molecular flexibility index (Phi) is 3.97. The van der Waals surface area contributed by atoms with Crippen molar-refractivity contribution in [1.82, 2.24) is 0 Å². The van der Waals surface area contributed by atoms with Gasteiger partial charge in [0.1, 0.15) is 0 Å². The van der Waals surface area contributed by atoms with Crippen LogP contribution in [0.15, 0.2) is 12.1 Å². The SMILES string of the molecule is CCCCc1ccc([N+](=O)[O-])c(O)c1[N+](=O)[O-]. The van der Waals surface area contributed by atoms with E-state index in [0.29, 0.717) is 12.0 Å². The number of hydrogen-bond acceptors (Lipinski definition) is 5. The number of nitrogens with zero attached hydrogens (tertiary/aromatic N) is 2. The summed E-state index contributed by atoms with van der Waals surface area (Å²) in [5.74, 6) is -0.867. The van der Waals surface area contributed by atoms with Gasteiger partial charge in [0.2, 0.25) is 0 Å². The Morgan fingerprint density at radius 2 is 1.88 bits per heavy atom. The number of hydrogen-bond donors (Lipinski definition) is 1. The Bertz CT molecular complexity index is 458. The minimum Gasteiger partial charge on any atom is -0.497 e. The summed E-state index contributed by atoms with van der Waals surface area (Å²) >= 11 is 0. The van der Waals surface area contributed by atoms with Gasteiger partial charge in [-0.25, -0.2) is 0 Å². The molecule has 0 aliphatic carbocycles. The summed E-state index contributed by atoms with van der Waals surface area (Å²) in [5.41, 5.74) is -0.885. The van der Waals surface area contributed by atoms with E-state index < -0.39 is 27.0 Å². The zero-order chi connectivity index (χ0) is 13.0. The maximum Gasteiger partial charge on any atom is 0.321 e. The van der Waals surface area contributed by atoms with E-state index in [9.17, 15) is 25.3 Å². The highest BCUT2D eigenvalue weighted by Crippen LogP contribution is 2.38. The molecule has 1 aromatic rings. The van der Waals surface area contributed by atoms with Gasteiger partial charge in [-0.15, -0.1) is 0 Å². The van der Waals surface area contributed by atoms with E-state index in [4.69, 9.17) is 0 Å². The maximum absolute atomic E-state index is 10.8. The number of aromatic hydroxyl groups is 1. The highest BCUT2D eigenvalue weighted by Gasteiger charge is 2.28. The average molecular weight is 240 g/mol. The summed E-state index contributed by atoms with van der Waals surface area (Å²) in [6.45, 7) is 1.93. The first kappa shape index (κ1) is 12.9. The largest absolute Gasteiger partial charge is 0.497 e. The van der Waals surface area contributed by atoms with Crippen LogP contribution in [0.2, 0.25) is 0 Å². The Balaban J connectivity index is 3.29. The van der Waals surface area contributed by atoms with Crippen molar-refractivity contribution in [2.24, 2.45) is 0 Å². The second-order valence-electron chi connectivity index (χ2n) is 3.56. The number of phenolic OH excluding ortho intramolecular Hbond substituents is 1. The van der Waals surface area contributed by atoms with E-state index >= 15 is 0 Å². The van der Waals surface area contributed by atoms with Crippen molar-refractivity contribution in [2.45, 2.75) is 26.2 Å². The molecular weight excluding hydrogens is 228 g/mol. The molecule has 0 heterocycles. The third kappa shape index (κ3) is 2.68. The fraction of sp³-hybridized carbons (Fsp3) is 0.400. The number of nitro groups is 2. The Morgan fingerprint density at radius 3 is 2.35 bits per heavy atom. The second-order valence-corrected chi connectivity index (χ2v) is 3.56. The van der Waals surface area contributed by atoms with E-state index in [1.54, 1.807) is 0 Å². The molecule has 0 saturated carbocycles. The molecule has 1 rings (SSSR count). The molecule has 0 radical (unpaired) electrons. The monoisotopic (exact) mass is 240 g/mol. The first-order chi connectivity index (χ1) is 7.99. The van der Waals surface area contributed by atoms with Crippen molar-refractivity contribution in [1.29, 1.82) is 0 Å². The summed E-state index contributed by atoms with van der Waals surface area (Å²) in [5, 5.41) is 30.9. The van der Waals surface area contributed by atoms with Gasteiger partial charge in [-0.3, -0.25) is 20.2 Å². The van der Waals surface area contributed by atoms with E-state index in [1.165, 1.54) is 6.07 Å². The first-order valence-electron chi connectivity index (χ1n) is 5.12. The van der Waals surface area contributed by atoms with Crippen molar-refractivity contribution in [3.05, 3.63) is 37.9 Å². The molecule has 17 heavy (non-hydrogen) atoms. The lowest BCUT2D eigenvalue weighted by Crippen LogP contribution is -1.99. The van der Waals surface area contributed by atoms with Gasteiger partial charge in [0, 0.05) is 11.6 Å². The van der Waals surface area contributed by atoms with Gasteiger partial charge in [0.05, 0.1) is 9.85 Å². The minimum absolute atomic E-state index is 0.319. The van der Waals surface area contributed by atoms with Crippen molar-refractivity contribution in [3.8, 4) is 5.75 Å². The fourth-order valence-electron chi connectivity index (χ4n) is 1.53.